The molecule has 1 heterocycles. The summed E-state index contributed by atoms with van der Waals surface area (Å²) in [4.78, 5) is 14.1. The lowest BCUT2D eigenvalue weighted by Gasteiger charge is -2.31. The molecule has 1 amide bonds. The monoisotopic (exact) mass is 223 g/mol. The number of amides is 1. The van der Waals surface area contributed by atoms with Crippen molar-refractivity contribution < 1.29 is 4.79 Å². The van der Waals surface area contributed by atoms with Crippen molar-refractivity contribution in [2.24, 2.45) is 11.3 Å². The fraction of sp³-hybridized carbons (Fsp3) is 0.833. The molecule has 1 aliphatic heterocycles. The van der Waals surface area contributed by atoms with Gasteiger partial charge in [-0.2, -0.15) is 5.26 Å². The van der Waals surface area contributed by atoms with Crippen LogP contribution < -0.4 is 5.32 Å². The van der Waals surface area contributed by atoms with Crippen LogP contribution in [0.3, 0.4) is 0 Å². The minimum absolute atomic E-state index is 0.0955. The standard InChI is InChI=1S/C12H21N3O/c1-4-15(8-10(2)7-13)11(16)12(3)5-6-14-9-12/h10,14H,4-6,8-9H2,1-3H3. The molecule has 0 aromatic carbocycles. The Morgan fingerprint density at radius 2 is 2.38 bits per heavy atom. The van der Waals surface area contributed by atoms with E-state index in [1.165, 1.54) is 0 Å². The van der Waals surface area contributed by atoms with Gasteiger partial charge in [0, 0.05) is 19.6 Å². The van der Waals surface area contributed by atoms with Gasteiger partial charge in [0.2, 0.25) is 5.91 Å². The Morgan fingerprint density at radius 3 is 2.81 bits per heavy atom. The Kier molecular flexibility index (Phi) is 4.31. The van der Waals surface area contributed by atoms with Gasteiger partial charge in [-0.05, 0) is 33.7 Å². The molecule has 1 N–H and O–H groups in total. The third-order valence-corrected chi connectivity index (χ3v) is 3.27. The third-order valence-electron chi connectivity index (χ3n) is 3.27. The summed E-state index contributed by atoms with van der Waals surface area (Å²) in [5, 5.41) is 12.0. The molecule has 2 atom stereocenters. The second-order valence-corrected chi connectivity index (χ2v) is 4.86. The zero-order chi connectivity index (χ0) is 12.2. The predicted octanol–water partition coefficient (Wildman–Crippen LogP) is 0.994. The van der Waals surface area contributed by atoms with Gasteiger partial charge in [-0.1, -0.05) is 0 Å². The largest absolute Gasteiger partial charge is 0.341 e. The topological polar surface area (TPSA) is 56.1 Å². The van der Waals surface area contributed by atoms with Crippen molar-refractivity contribution in [2.45, 2.75) is 27.2 Å². The van der Waals surface area contributed by atoms with Crippen molar-refractivity contribution in [2.75, 3.05) is 26.2 Å². The Morgan fingerprint density at radius 1 is 1.69 bits per heavy atom. The molecule has 1 fully saturated rings. The maximum atomic E-state index is 12.3. The predicted molar refractivity (Wildman–Crippen MR) is 62.6 cm³/mol. The van der Waals surface area contributed by atoms with Crippen molar-refractivity contribution in [1.82, 2.24) is 10.2 Å². The molecule has 1 saturated heterocycles. The van der Waals surface area contributed by atoms with Crippen LogP contribution in [0.5, 0.6) is 0 Å². The number of nitrogens with one attached hydrogen (secondary N) is 1. The lowest BCUT2D eigenvalue weighted by molar-refractivity contribution is -0.140. The first-order valence-electron chi connectivity index (χ1n) is 5.93. The van der Waals surface area contributed by atoms with Crippen molar-refractivity contribution in [3.8, 4) is 6.07 Å². The zero-order valence-corrected chi connectivity index (χ0v) is 10.4. The van der Waals surface area contributed by atoms with Gasteiger partial charge in [0.15, 0.2) is 0 Å². The zero-order valence-electron chi connectivity index (χ0n) is 10.4. The van der Waals surface area contributed by atoms with E-state index in [4.69, 9.17) is 5.26 Å². The fourth-order valence-corrected chi connectivity index (χ4v) is 2.11. The first kappa shape index (κ1) is 13.0. The van der Waals surface area contributed by atoms with Crippen LogP contribution in [0.25, 0.3) is 0 Å². The van der Waals surface area contributed by atoms with Gasteiger partial charge in [-0.3, -0.25) is 4.79 Å². The van der Waals surface area contributed by atoms with Crippen molar-refractivity contribution >= 4 is 5.91 Å². The molecular formula is C12H21N3O. The highest BCUT2D eigenvalue weighted by atomic mass is 16.2. The molecule has 0 radical (unpaired) electrons. The van der Waals surface area contributed by atoms with E-state index in [-0.39, 0.29) is 17.2 Å². The summed E-state index contributed by atoms with van der Waals surface area (Å²) in [6.07, 6.45) is 0.892. The fourth-order valence-electron chi connectivity index (χ4n) is 2.11. The Balaban J connectivity index is 2.66. The summed E-state index contributed by atoms with van der Waals surface area (Å²) in [7, 11) is 0. The number of hydrogen-bond acceptors (Lipinski definition) is 3. The SMILES string of the molecule is CCN(CC(C)C#N)C(=O)C1(C)CCNC1. The van der Waals surface area contributed by atoms with E-state index in [1.807, 2.05) is 20.8 Å². The van der Waals surface area contributed by atoms with E-state index in [1.54, 1.807) is 4.90 Å². The van der Waals surface area contributed by atoms with Crippen molar-refractivity contribution in [1.29, 1.82) is 5.26 Å². The summed E-state index contributed by atoms with van der Waals surface area (Å²) in [5.41, 5.74) is -0.273. The first-order chi connectivity index (χ1) is 7.53. The van der Waals surface area contributed by atoms with Crippen LogP contribution in [-0.2, 0) is 4.79 Å². The summed E-state index contributed by atoms with van der Waals surface area (Å²) < 4.78 is 0. The molecule has 0 bridgehead atoms. The molecule has 90 valence electrons. The molecule has 0 aliphatic carbocycles. The molecule has 4 nitrogen and oxygen atoms in total. The number of carbonyl (C=O) groups is 1. The van der Waals surface area contributed by atoms with Crippen molar-refractivity contribution in [3.05, 3.63) is 0 Å². The average Bonchev–Trinajstić information content (AvgIpc) is 2.73. The van der Waals surface area contributed by atoms with Gasteiger partial charge in [-0.25, -0.2) is 0 Å². The number of rotatable bonds is 4. The van der Waals surface area contributed by atoms with Gasteiger partial charge in [0.05, 0.1) is 17.4 Å². The molecule has 4 heteroatoms. The Labute approximate surface area is 97.6 Å². The van der Waals surface area contributed by atoms with E-state index in [2.05, 4.69) is 11.4 Å². The third kappa shape index (κ3) is 2.73. The van der Waals surface area contributed by atoms with Gasteiger partial charge in [0.25, 0.3) is 0 Å². The van der Waals surface area contributed by atoms with E-state index < -0.39 is 0 Å². The molecule has 0 aromatic rings. The minimum Gasteiger partial charge on any atom is -0.341 e. The van der Waals surface area contributed by atoms with Crippen LogP contribution >= 0.6 is 0 Å². The average molecular weight is 223 g/mol. The van der Waals surface area contributed by atoms with Crippen LogP contribution in [0.1, 0.15) is 27.2 Å². The van der Waals surface area contributed by atoms with Crippen LogP contribution in [0.4, 0.5) is 0 Å². The van der Waals surface area contributed by atoms with Crippen LogP contribution in [-0.4, -0.2) is 37.0 Å². The number of carbonyl (C=O) groups excluding carboxylic acids is 1. The molecule has 16 heavy (non-hydrogen) atoms. The second-order valence-electron chi connectivity index (χ2n) is 4.86. The summed E-state index contributed by atoms with van der Waals surface area (Å²) in [6, 6.07) is 2.18. The minimum atomic E-state index is -0.273. The van der Waals surface area contributed by atoms with Crippen LogP contribution in [0.15, 0.2) is 0 Å². The normalized spacial score (nSPS) is 26.1. The number of nitriles is 1. The Bertz CT molecular complexity index is 289. The van der Waals surface area contributed by atoms with Gasteiger partial charge < -0.3 is 10.2 Å². The van der Waals surface area contributed by atoms with E-state index in [0.717, 1.165) is 19.5 Å². The lowest BCUT2D eigenvalue weighted by atomic mass is 9.88. The molecular weight excluding hydrogens is 202 g/mol. The highest BCUT2D eigenvalue weighted by Gasteiger charge is 2.38. The maximum Gasteiger partial charge on any atom is 0.229 e. The number of nitrogens with zero attached hydrogens (tertiary/aromatic N) is 2. The first-order valence-corrected chi connectivity index (χ1v) is 5.93. The van der Waals surface area contributed by atoms with Gasteiger partial charge in [0.1, 0.15) is 0 Å². The molecule has 2 unspecified atom stereocenters. The van der Waals surface area contributed by atoms with Crippen molar-refractivity contribution in [3.63, 3.8) is 0 Å². The smallest absolute Gasteiger partial charge is 0.229 e. The van der Waals surface area contributed by atoms with Gasteiger partial charge >= 0.3 is 0 Å². The quantitative estimate of drug-likeness (QED) is 0.773. The van der Waals surface area contributed by atoms with Crippen LogP contribution in [0.2, 0.25) is 0 Å². The highest BCUT2D eigenvalue weighted by molar-refractivity contribution is 5.83. The summed E-state index contributed by atoms with van der Waals surface area (Å²) >= 11 is 0. The van der Waals surface area contributed by atoms with E-state index >= 15 is 0 Å². The lowest BCUT2D eigenvalue weighted by Crippen LogP contribution is -2.45. The molecule has 0 aromatic heterocycles. The Hall–Kier alpha value is -1.08. The summed E-state index contributed by atoms with van der Waals surface area (Å²) in [5.74, 6) is 0.0870. The molecule has 0 spiro atoms. The number of hydrogen-bond donors (Lipinski definition) is 1. The highest BCUT2D eigenvalue weighted by Crippen LogP contribution is 2.27. The molecule has 0 saturated carbocycles. The molecule has 1 rings (SSSR count). The van der Waals surface area contributed by atoms with E-state index in [0.29, 0.717) is 13.1 Å². The van der Waals surface area contributed by atoms with Crippen LogP contribution in [0, 0.1) is 22.7 Å². The summed E-state index contributed by atoms with van der Waals surface area (Å²) in [6.45, 7) is 8.71. The maximum absolute atomic E-state index is 12.3. The van der Waals surface area contributed by atoms with Gasteiger partial charge in [-0.15, -0.1) is 0 Å². The van der Waals surface area contributed by atoms with E-state index in [9.17, 15) is 4.79 Å². The molecule has 1 aliphatic rings. The second kappa shape index (κ2) is 5.31.